The molecule has 1 fully saturated rings. The summed E-state index contributed by atoms with van der Waals surface area (Å²) in [5.41, 5.74) is 0. The first kappa shape index (κ1) is 12.1. The van der Waals surface area contributed by atoms with Gasteiger partial charge in [0.25, 0.3) is 0 Å². The van der Waals surface area contributed by atoms with E-state index in [4.69, 9.17) is 4.74 Å². The predicted octanol–water partition coefficient (Wildman–Crippen LogP) is 2.60. The van der Waals surface area contributed by atoms with E-state index in [-0.39, 0.29) is 0 Å². The lowest BCUT2D eigenvalue weighted by molar-refractivity contribution is 0.119. The summed E-state index contributed by atoms with van der Waals surface area (Å²) in [5, 5.41) is 3.68. The SMILES string of the molecule is CCOCC(C)NC(C)C1CC2C=CC1C2. The minimum atomic E-state index is 0.470. The fourth-order valence-electron chi connectivity index (χ4n) is 3.31. The van der Waals surface area contributed by atoms with Crippen molar-refractivity contribution in [2.24, 2.45) is 17.8 Å². The molecule has 2 bridgehead atoms. The van der Waals surface area contributed by atoms with E-state index in [2.05, 4.69) is 38.2 Å². The van der Waals surface area contributed by atoms with E-state index in [0.717, 1.165) is 31.0 Å². The molecule has 2 rings (SSSR count). The van der Waals surface area contributed by atoms with Crippen molar-refractivity contribution in [2.45, 2.75) is 45.7 Å². The maximum Gasteiger partial charge on any atom is 0.0616 e. The summed E-state index contributed by atoms with van der Waals surface area (Å²) in [6.07, 6.45) is 7.63. The highest BCUT2D eigenvalue weighted by Gasteiger charge is 2.38. The minimum absolute atomic E-state index is 0.470. The third-order valence-electron chi connectivity index (χ3n) is 4.09. The molecule has 2 nitrogen and oxygen atoms in total. The molecule has 1 saturated carbocycles. The summed E-state index contributed by atoms with van der Waals surface area (Å²) >= 11 is 0. The number of hydrogen-bond donors (Lipinski definition) is 1. The minimum Gasteiger partial charge on any atom is -0.380 e. The molecular weight excluding hydrogens is 198 g/mol. The lowest BCUT2D eigenvalue weighted by Gasteiger charge is -2.29. The van der Waals surface area contributed by atoms with Gasteiger partial charge in [-0.25, -0.2) is 0 Å². The normalized spacial score (nSPS) is 35.6. The van der Waals surface area contributed by atoms with Crippen LogP contribution in [0.2, 0.25) is 0 Å². The summed E-state index contributed by atoms with van der Waals surface area (Å²) in [4.78, 5) is 0. The van der Waals surface area contributed by atoms with Crippen LogP contribution in [0, 0.1) is 17.8 Å². The third kappa shape index (κ3) is 2.67. The zero-order chi connectivity index (χ0) is 11.5. The Morgan fingerprint density at radius 3 is 2.69 bits per heavy atom. The van der Waals surface area contributed by atoms with Gasteiger partial charge >= 0.3 is 0 Å². The fourth-order valence-corrected chi connectivity index (χ4v) is 3.31. The van der Waals surface area contributed by atoms with E-state index in [9.17, 15) is 0 Å². The highest BCUT2D eigenvalue weighted by Crippen LogP contribution is 2.44. The molecule has 2 aliphatic carbocycles. The van der Waals surface area contributed by atoms with E-state index < -0.39 is 0 Å². The van der Waals surface area contributed by atoms with Gasteiger partial charge in [-0.05, 0) is 51.4 Å². The molecule has 0 aromatic rings. The zero-order valence-corrected chi connectivity index (χ0v) is 10.8. The molecule has 0 amide bonds. The topological polar surface area (TPSA) is 21.3 Å². The Kier molecular flexibility index (Phi) is 4.04. The van der Waals surface area contributed by atoms with Crippen LogP contribution in [0.5, 0.6) is 0 Å². The summed E-state index contributed by atoms with van der Waals surface area (Å²) in [6.45, 7) is 8.25. The quantitative estimate of drug-likeness (QED) is 0.699. The Labute approximate surface area is 99.4 Å². The van der Waals surface area contributed by atoms with Crippen molar-refractivity contribution in [3.05, 3.63) is 12.2 Å². The van der Waals surface area contributed by atoms with Crippen molar-refractivity contribution >= 4 is 0 Å². The van der Waals surface area contributed by atoms with Gasteiger partial charge in [0.2, 0.25) is 0 Å². The van der Waals surface area contributed by atoms with Gasteiger partial charge in [-0.1, -0.05) is 12.2 Å². The maximum absolute atomic E-state index is 5.44. The van der Waals surface area contributed by atoms with Crippen LogP contribution >= 0.6 is 0 Å². The number of rotatable bonds is 6. The summed E-state index contributed by atoms with van der Waals surface area (Å²) in [6, 6.07) is 1.09. The van der Waals surface area contributed by atoms with Gasteiger partial charge in [0, 0.05) is 18.7 Å². The summed E-state index contributed by atoms with van der Waals surface area (Å²) in [7, 11) is 0. The Morgan fingerprint density at radius 1 is 1.31 bits per heavy atom. The Hall–Kier alpha value is -0.340. The largest absolute Gasteiger partial charge is 0.380 e. The maximum atomic E-state index is 5.44. The number of ether oxygens (including phenoxy) is 1. The molecule has 0 heterocycles. The molecule has 2 aliphatic rings. The number of nitrogens with one attached hydrogen (secondary N) is 1. The smallest absolute Gasteiger partial charge is 0.0616 e. The monoisotopic (exact) mass is 223 g/mol. The molecule has 5 unspecified atom stereocenters. The summed E-state index contributed by atoms with van der Waals surface area (Å²) < 4.78 is 5.44. The Morgan fingerprint density at radius 2 is 2.12 bits per heavy atom. The van der Waals surface area contributed by atoms with E-state index in [1.807, 2.05) is 0 Å². The molecule has 0 aromatic carbocycles. The lowest BCUT2D eigenvalue weighted by Crippen LogP contribution is -2.42. The van der Waals surface area contributed by atoms with Crippen molar-refractivity contribution in [3.8, 4) is 0 Å². The van der Waals surface area contributed by atoms with Crippen LogP contribution in [0.15, 0.2) is 12.2 Å². The molecule has 2 heteroatoms. The Balaban J connectivity index is 1.75. The molecule has 0 aliphatic heterocycles. The van der Waals surface area contributed by atoms with E-state index in [0.29, 0.717) is 12.1 Å². The highest BCUT2D eigenvalue weighted by atomic mass is 16.5. The van der Waals surface area contributed by atoms with Crippen LogP contribution in [0.1, 0.15) is 33.6 Å². The third-order valence-corrected chi connectivity index (χ3v) is 4.09. The average molecular weight is 223 g/mol. The molecule has 1 N–H and O–H groups in total. The first-order chi connectivity index (χ1) is 7.70. The predicted molar refractivity (Wildman–Crippen MR) is 67.4 cm³/mol. The standard InChI is InChI=1S/C14H25NO/c1-4-16-9-10(2)15-11(3)14-8-12-5-6-13(14)7-12/h5-6,10-15H,4,7-9H2,1-3H3. The van der Waals surface area contributed by atoms with Gasteiger partial charge in [0.15, 0.2) is 0 Å². The van der Waals surface area contributed by atoms with Gasteiger partial charge in [0.1, 0.15) is 0 Å². The zero-order valence-electron chi connectivity index (χ0n) is 10.8. The second-order valence-electron chi connectivity index (χ2n) is 5.46. The fraction of sp³-hybridized carbons (Fsp3) is 0.857. The average Bonchev–Trinajstić information content (AvgIpc) is 2.87. The Bertz CT molecular complexity index is 251. The first-order valence-electron chi connectivity index (χ1n) is 6.72. The van der Waals surface area contributed by atoms with Gasteiger partial charge in [-0.15, -0.1) is 0 Å². The van der Waals surface area contributed by atoms with Crippen molar-refractivity contribution in [3.63, 3.8) is 0 Å². The van der Waals surface area contributed by atoms with E-state index in [1.165, 1.54) is 12.8 Å². The van der Waals surface area contributed by atoms with Crippen LogP contribution in [-0.2, 0) is 4.74 Å². The van der Waals surface area contributed by atoms with Gasteiger partial charge in [0.05, 0.1) is 6.61 Å². The molecule has 0 spiro atoms. The van der Waals surface area contributed by atoms with Crippen LogP contribution in [0.25, 0.3) is 0 Å². The number of fused-ring (bicyclic) bond motifs is 2. The summed E-state index contributed by atoms with van der Waals surface area (Å²) in [5.74, 6) is 2.56. The second kappa shape index (κ2) is 5.33. The molecule has 0 saturated heterocycles. The van der Waals surface area contributed by atoms with Crippen LogP contribution in [-0.4, -0.2) is 25.3 Å². The first-order valence-corrected chi connectivity index (χ1v) is 6.72. The van der Waals surface area contributed by atoms with Crippen LogP contribution in [0.4, 0.5) is 0 Å². The molecular formula is C14H25NO. The highest BCUT2D eigenvalue weighted by molar-refractivity contribution is 5.11. The molecule has 5 atom stereocenters. The van der Waals surface area contributed by atoms with E-state index in [1.54, 1.807) is 0 Å². The molecule has 16 heavy (non-hydrogen) atoms. The van der Waals surface area contributed by atoms with Gasteiger partial charge in [-0.3, -0.25) is 0 Å². The number of hydrogen-bond acceptors (Lipinski definition) is 2. The molecule has 92 valence electrons. The van der Waals surface area contributed by atoms with Crippen LogP contribution in [0.3, 0.4) is 0 Å². The lowest BCUT2D eigenvalue weighted by atomic mass is 9.87. The molecule has 0 aromatic heterocycles. The van der Waals surface area contributed by atoms with Gasteiger partial charge in [-0.2, -0.15) is 0 Å². The van der Waals surface area contributed by atoms with Crippen molar-refractivity contribution in [1.82, 2.24) is 5.32 Å². The van der Waals surface area contributed by atoms with Crippen molar-refractivity contribution in [2.75, 3.05) is 13.2 Å². The van der Waals surface area contributed by atoms with Gasteiger partial charge < -0.3 is 10.1 Å². The second-order valence-corrected chi connectivity index (χ2v) is 5.46. The van der Waals surface area contributed by atoms with Crippen molar-refractivity contribution < 1.29 is 4.74 Å². The number of allylic oxidation sites excluding steroid dienone is 2. The van der Waals surface area contributed by atoms with Crippen molar-refractivity contribution in [1.29, 1.82) is 0 Å². The molecule has 0 radical (unpaired) electrons. The van der Waals surface area contributed by atoms with Crippen LogP contribution < -0.4 is 5.32 Å². The van der Waals surface area contributed by atoms with E-state index >= 15 is 0 Å².